The zero-order valence-electron chi connectivity index (χ0n) is 13.2. The molecule has 2 aromatic rings. The van der Waals surface area contributed by atoms with Gasteiger partial charge >= 0.3 is 0 Å². The highest BCUT2D eigenvalue weighted by molar-refractivity contribution is 9.10. The van der Waals surface area contributed by atoms with Gasteiger partial charge in [0, 0.05) is 18.4 Å². The van der Waals surface area contributed by atoms with Gasteiger partial charge in [-0.2, -0.15) is 0 Å². The number of para-hydroxylation sites is 1. The predicted molar refractivity (Wildman–Crippen MR) is 96.4 cm³/mol. The van der Waals surface area contributed by atoms with E-state index in [0.717, 1.165) is 27.0 Å². The van der Waals surface area contributed by atoms with Crippen molar-refractivity contribution in [3.05, 3.63) is 52.0 Å². The largest absolute Gasteiger partial charge is 0.454 e. The van der Waals surface area contributed by atoms with Gasteiger partial charge in [0.25, 0.3) is 0 Å². The van der Waals surface area contributed by atoms with Crippen molar-refractivity contribution in [2.24, 2.45) is 10.7 Å². The number of ether oxygens (including phenoxy) is 3. The van der Waals surface area contributed by atoms with Crippen LogP contribution in [0, 0.1) is 0 Å². The summed E-state index contributed by atoms with van der Waals surface area (Å²) in [5.41, 5.74) is 8.87. The molecular formula is C17H18BrN3O3. The van der Waals surface area contributed by atoms with Gasteiger partial charge in [0.05, 0.1) is 17.6 Å². The van der Waals surface area contributed by atoms with Crippen LogP contribution in [0.1, 0.15) is 11.1 Å². The molecule has 0 unspecified atom stereocenters. The molecule has 0 amide bonds. The number of nitrogens with one attached hydrogen (secondary N) is 1. The summed E-state index contributed by atoms with van der Waals surface area (Å²) in [5, 5.41) is 3.11. The first kappa shape index (κ1) is 16.6. The van der Waals surface area contributed by atoms with Crippen molar-refractivity contribution in [2.75, 3.05) is 19.2 Å². The zero-order valence-corrected chi connectivity index (χ0v) is 14.8. The van der Waals surface area contributed by atoms with E-state index in [1.54, 1.807) is 7.11 Å². The number of halogens is 1. The average Bonchev–Trinajstić information content (AvgIpc) is 3.04. The van der Waals surface area contributed by atoms with E-state index in [9.17, 15) is 0 Å². The lowest BCUT2D eigenvalue weighted by atomic mass is 10.2. The van der Waals surface area contributed by atoms with Crippen LogP contribution in [0.15, 0.2) is 45.9 Å². The Kier molecular flexibility index (Phi) is 5.22. The fraction of sp³-hybridized carbons (Fsp3) is 0.235. The lowest BCUT2D eigenvalue weighted by Gasteiger charge is -2.11. The number of guanidine groups is 1. The van der Waals surface area contributed by atoms with Gasteiger partial charge in [-0.05, 0) is 39.7 Å². The molecule has 0 spiro atoms. The van der Waals surface area contributed by atoms with Gasteiger partial charge in [0.2, 0.25) is 6.79 Å². The van der Waals surface area contributed by atoms with Crippen LogP contribution in [0.5, 0.6) is 11.5 Å². The minimum Gasteiger partial charge on any atom is -0.454 e. The highest BCUT2D eigenvalue weighted by Gasteiger charge is 2.17. The average molecular weight is 392 g/mol. The molecule has 1 heterocycles. The molecule has 6 nitrogen and oxygen atoms in total. The van der Waals surface area contributed by atoms with Gasteiger partial charge in [0.1, 0.15) is 0 Å². The van der Waals surface area contributed by atoms with Gasteiger partial charge in [0.15, 0.2) is 17.5 Å². The fourth-order valence-corrected chi connectivity index (χ4v) is 2.99. The lowest BCUT2D eigenvalue weighted by molar-refractivity contribution is 0.173. The van der Waals surface area contributed by atoms with Crippen molar-refractivity contribution in [3.8, 4) is 11.5 Å². The molecule has 126 valence electrons. The molecule has 1 aliphatic rings. The van der Waals surface area contributed by atoms with Crippen LogP contribution in [0.2, 0.25) is 0 Å². The number of nitrogens with two attached hydrogens (primary N) is 1. The summed E-state index contributed by atoms with van der Waals surface area (Å²) in [6.45, 7) is 1.17. The van der Waals surface area contributed by atoms with Crippen molar-refractivity contribution < 1.29 is 14.2 Å². The van der Waals surface area contributed by atoms with Crippen LogP contribution in [0.4, 0.5) is 5.69 Å². The third-order valence-electron chi connectivity index (χ3n) is 3.50. The highest BCUT2D eigenvalue weighted by atomic mass is 79.9. The Labute approximate surface area is 148 Å². The molecule has 0 aromatic heterocycles. The fourth-order valence-electron chi connectivity index (χ4n) is 2.39. The van der Waals surface area contributed by atoms with Gasteiger partial charge in [-0.15, -0.1) is 0 Å². The topological polar surface area (TPSA) is 78.1 Å². The number of nitrogens with zero attached hydrogens (tertiary/aromatic N) is 1. The number of anilines is 1. The number of hydrogen-bond acceptors (Lipinski definition) is 4. The maximum absolute atomic E-state index is 6.00. The Balaban J connectivity index is 1.70. The molecule has 0 bridgehead atoms. The quantitative estimate of drug-likeness (QED) is 0.604. The van der Waals surface area contributed by atoms with Gasteiger partial charge in [-0.25, -0.2) is 4.99 Å². The number of aliphatic imine (C=N–C) groups is 1. The molecule has 7 heteroatoms. The van der Waals surface area contributed by atoms with Crippen molar-refractivity contribution >= 4 is 27.6 Å². The minimum absolute atomic E-state index is 0.237. The third kappa shape index (κ3) is 3.80. The van der Waals surface area contributed by atoms with E-state index in [4.69, 9.17) is 19.9 Å². The molecule has 0 radical (unpaired) electrons. The monoisotopic (exact) mass is 391 g/mol. The first-order valence-corrected chi connectivity index (χ1v) is 8.18. The normalized spacial score (nSPS) is 13.2. The lowest BCUT2D eigenvalue weighted by Crippen LogP contribution is -2.23. The van der Waals surface area contributed by atoms with E-state index in [-0.39, 0.29) is 6.79 Å². The second kappa shape index (κ2) is 7.55. The molecule has 0 atom stereocenters. The van der Waals surface area contributed by atoms with E-state index in [1.807, 2.05) is 36.4 Å². The van der Waals surface area contributed by atoms with Gasteiger partial charge < -0.3 is 25.3 Å². The number of methoxy groups -OCH3 is 1. The van der Waals surface area contributed by atoms with Crippen LogP contribution in [-0.4, -0.2) is 19.9 Å². The van der Waals surface area contributed by atoms with E-state index in [0.29, 0.717) is 24.9 Å². The van der Waals surface area contributed by atoms with Crippen molar-refractivity contribution in [3.63, 3.8) is 0 Å². The first-order chi connectivity index (χ1) is 11.7. The Morgan fingerprint density at radius 3 is 3.00 bits per heavy atom. The Bertz CT molecular complexity index is 765. The molecule has 3 rings (SSSR count). The molecule has 0 aliphatic carbocycles. The summed E-state index contributed by atoms with van der Waals surface area (Å²) < 4.78 is 16.8. The maximum atomic E-state index is 6.00. The molecule has 2 aromatic carbocycles. The predicted octanol–water partition coefficient (Wildman–Crippen LogP) is 3.25. The van der Waals surface area contributed by atoms with Crippen LogP contribution in [0.3, 0.4) is 0 Å². The van der Waals surface area contributed by atoms with Crippen molar-refractivity contribution in [1.82, 2.24) is 0 Å². The SMILES string of the molecule is COCc1ccccc1NC(N)=NCc1cc(Br)c2c(c1)OCO2. The molecule has 0 saturated carbocycles. The van der Waals surface area contributed by atoms with Crippen molar-refractivity contribution in [2.45, 2.75) is 13.2 Å². The van der Waals surface area contributed by atoms with Crippen LogP contribution < -0.4 is 20.5 Å². The molecule has 1 aliphatic heterocycles. The second-order valence-electron chi connectivity index (χ2n) is 5.23. The molecule has 24 heavy (non-hydrogen) atoms. The van der Waals surface area contributed by atoms with E-state index >= 15 is 0 Å². The minimum atomic E-state index is 0.237. The van der Waals surface area contributed by atoms with Crippen LogP contribution >= 0.6 is 15.9 Å². The van der Waals surface area contributed by atoms with Gasteiger partial charge in [-0.1, -0.05) is 18.2 Å². The van der Waals surface area contributed by atoms with Crippen molar-refractivity contribution in [1.29, 1.82) is 0 Å². The highest BCUT2D eigenvalue weighted by Crippen LogP contribution is 2.40. The number of benzene rings is 2. The number of hydrogen-bond donors (Lipinski definition) is 2. The Morgan fingerprint density at radius 1 is 1.33 bits per heavy atom. The molecule has 3 N–H and O–H groups in total. The summed E-state index contributed by atoms with van der Waals surface area (Å²) >= 11 is 3.47. The summed E-state index contributed by atoms with van der Waals surface area (Å²) in [7, 11) is 1.66. The molecule has 0 fully saturated rings. The first-order valence-electron chi connectivity index (χ1n) is 7.39. The van der Waals surface area contributed by atoms with E-state index < -0.39 is 0 Å². The van der Waals surface area contributed by atoms with Gasteiger partial charge in [-0.3, -0.25) is 0 Å². The number of rotatable bonds is 5. The second-order valence-corrected chi connectivity index (χ2v) is 6.08. The van der Waals surface area contributed by atoms with E-state index in [1.165, 1.54) is 0 Å². The van der Waals surface area contributed by atoms with Crippen LogP contribution in [-0.2, 0) is 17.9 Å². The summed E-state index contributed by atoms with van der Waals surface area (Å²) in [6.07, 6.45) is 0. The standard InChI is InChI=1S/C17H18BrN3O3/c1-22-9-12-4-2-3-5-14(12)21-17(19)20-8-11-6-13(18)16-15(7-11)23-10-24-16/h2-7H,8-10H2,1H3,(H3,19,20,21). The van der Waals surface area contributed by atoms with Crippen LogP contribution in [0.25, 0.3) is 0 Å². The molecule has 0 saturated heterocycles. The zero-order chi connectivity index (χ0) is 16.9. The third-order valence-corrected chi connectivity index (χ3v) is 4.09. The summed E-state index contributed by atoms with van der Waals surface area (Å²) in [5.74, 6) is 1.78. The maximum Gasteiger partial charge on any atom is 0.231 e. The summed E-state index contributed by atoms with van der Waals surface area (Å²) in [6, 6.07) is 11.7. The van der Waals surface area contributed by atoms with E-state index in [2.05, 4.69) is 26.2 Å². The summed E-state index contributed by atoms with van der Waals surface area (Å²) in [4.78, 5) is 4.38. The number of fused-ring (bicyclic) bond motifs is 1. The Morgan fingerprint density at radius 2 is 2.17 bits per heavy atom. The smallest absolute Gasteiger partial charge is 0.231 e. The molecular weight excluding hydrogens is 374 g/mol. The Hall–Kier alpha value is -2.25.